The van der Waals surface area contributed by atoms with Crippen LogP contribution in [0.15, 0.2) is 18.2 Å². The first-order valence-corrected chi connectivity index (χ1v) is 7.81. The standard InChI is InChI=1S/C13H12ClN5OS/c14-9-6-7(15)3-4-8(9)12-18-19-11(10-2-1-5-20-10)16-17-13(19)21-12/h3-4,6,10H,1-2,5,15H2. The molecule has 3 heterocycles. The minimum atomic E-state index is -0.0168. The second-order valence-electron chi connectivity index (χ2n) is 4.90. The van der Waals surface area contributed by atoms with Gasteiger partial charge < -0.3 is 10.5 Å². The van der Waals surface area contributed by atoms with Crippen LogP contribution in [0, 0.1) is 0 Å². The molecule has 1 unspecified atom stereocenters. The molecule has 21 heavy (non-hydrogen) atoms. The molecular formula is C13H12ClN5OS. The van der Waals surface area contributed by atoms with Crippen LogP contribution in [0.4, 0.5) is 5.69 Å². The van der Waals surface area contributed by atoms with Crippen LogP contribution < -0.4 is 5.73 Å². The van der Waals surface area contributed by atoms with Gasteiger partial charge in [0.2, 0.25) is 4.96 Å². The first-order valence-electron chi connectivity index (χ1n) is 6.61. The molecule has 0 spiro atoms. The molecule has 3 aromatic rings. The smallest absolute Gasteiger partial charge is 0.235 e. The highest BCUT2D eigenvalue weighted by Gasteiger charge is 2.25. The molecule has 2 aromatic heterocycles. The van der Waals surface area contributed by atoms with Crippen molar-refractivity contribution in [3.8, 4) is 10.6 Å². The number of aromatic nitrogens is 4. The molecular weight excluding hydrogens is 310 g/mol. The molecule has 1 aliphatic rings. The van der Waals surface area contributed by atoms with Gasteiger partial charge in [-0.25, -0.2) is 0 Å². The van der Waals surface area contributed by atoms with E-state index in [0.717, 1.165) is 40.8 Å². The lowest BCUT2D eigenvalue weighted by molar-refractivity contribution is 0.103. The largest absolute Gasteiger partial charge is 0.399 e. The van der Waals surface area contributed by atoms with Crippen molar-refractivity contribution >= 4 is 33.6 Å². The Labute approximate surface area is 129 Å². The summed E-state index contributed by atoms with van der Waals surface area (Å²) in [7, 11) is 0. The van der Waals surface area contributed by atoms with Gasteiger partial charge in [-0.2, -0.15) is 9.61 Å². The van der Waals surface area contributed by atoms with E-state index in [2.05, 4.69) is 15.3 Å². The van der Waals surface area contributed by atoms with E-state index in [1.165, 1.54) is 11.3 Å². The zero-order valence-corrected chi connectivity index (χ0v) is 12.6. The second-order valence-corrected chi connectivity index (χ2v) is 6.26. The van der Waals surface area contributed by atoms with Crippen molar-refractivity contribution in [2.75, 3.05) is 12.3 Å². The van der Waals surface area contributed by atoms with E-state index in [0.29, 0.717) is 10.7 Å². The molecule has 0 radical (unpaired) electrons. The van der Waals surface area contributed by atoms with Gasteiger partial charge in [0, 0.05) is 17.9 Å². The van der Waals surface area contributed by atoms with Crippen molar-refractivity contribution in [2.24, 2.45) is 0 Å². The maximum atomic E-state index is 6.24. The van der Waals surface area contributed by atoms with Crippen molar-refractivity contribution in [2.45, 2.75) is 18.9 Å². The SMILES string of the molecule is Nc1ccc(-c2nn3c(C4CCCO4)nnc3s2)c(Cl)c1. The summed E-state index contributed by atoms with van der Waals surface area (Å²) in [6.07, 6.45) is 1.98. The normalized spacial score (nSPS) is 18.6. The first-order chi connectivity index (χ1) is 10.2. The summed E-state index contributed by atoms with van der Waals surface area (Å²) in [5, 5.41) is 14.3. The van der Waals surface area contributed by atoms with Crippen molar-refractivity contribution in [3.05, 3.63) is 29.0 Å². The quantitative estimate of drug-likeness (QED) is 0.734. The lowest BCUT2D eigenvalue weighted by Gasteiger charge is -2.04. The van der Waals surface area contributed by atoms with Gasteiger partial charge in [0.25, 0.3) is 0 Å². The fraction of sp³-hybridized carbons (Fsp3) is 0.308. The van der Waals surface area contributed by atoms with E-state index in [1.54, 1.807) is 10.6 Å². The first kappa shape index (κ1) is 13.0. The summed E-state index contributed by atoms with van der Waals surface area (Å²) in [6, 6.07) is 5.40. The predicted octanol–water partition coefficient (Wildman–Crippen LogP) is 2.94. The molecule has 1 aliphatic heterocycles. The summed E-state index contributed by atoms with van der Waals surface area (Å²) in [5.74, 6) is 0.761. The number of rotatable bonds is 2. The third-order valence-corrected chi connectivity index (χ3v) is 4.70. The molecule has 6 nitrogen and oxygen atoms in total. The zero-order chi connectivity index (χ0) is 14.4. The highest BCUT2D eigenvalue weighted by Crippen LogP contribution is 2.34. The van der Waals surface area contributed by atoms with Gasteiger partial charge in [0.1, 0.15) is 11.1 Å². The van der Waals surface area contributed by atoms with Gasteiger partial charge in [0.15, 0.2) is 5.82 Å². The van der Waals surface area contributed by atoms with Crippen LogP contribution in [0.3, 0.4) is 0 Å². The van der Waals surface area contributed by atoms with Gasteiger partial charge in [-0.1, -0.05) is 22.9 Å². The Hall–Kier alpha value is -1.70. The number of nitrogen functional groups attached to an aromatic ring is 1. The summed E-state index contributed by atoms with van der Waals surface area (Å²) >= 11 is 7.69. The number of hydrogen-bond donors (Lipinski definition) is 1. The van der Waals surface area contributed by atoms with Gasteiger partial charge in [-0.3, -0.25) is 0 Å². The molecule has 0 bridgehead atoms. The maximum absolute atomic E-state index is 6.24. The summed E-state index contributed by atoms with van der Waals surface area (Å²) in [4.78, 5) is 0.739. The van der Waals surface area contributed by atoms with Crippen LogP contribution in [0.25, 0.3) is 15.5 Å². The van der Waals surface area contributed by atoms with E-state index < -0.39 is 0 Å². The van der Waals surface area contributed by atoms with Crippen LogP contribution in [0.5, 0.6) is 0 Å². The highest BCUT2D eigenvalue weighted by molar-refractivity contribution is 7.19. The highest BCUT2D eigenvalue weighted by atomic mass is 35.5. The number of benzene rings is 1. The monoisotopic (exact) mass is 321 g/mol. The molecule has 0 amide bonds. The van der Waals surface area contributed by atoms with E-state index in [9.17, 15) is 0 Å². The Bertz CT molecular complexity index is 808. The number of anilines is 1. The molecule has 0 saturated carbocycles. The number of halogens is 1. The van der Waals surface area contributed by atoms with Crippen molar-refractivity contribution in [3.63, 3.8) is 0 Å². The number of hydrogen-bond acceptors (Lipinski definition) is 6. The van der Waals surface area contributed by atoms with E-state index in [-0.39, 0.29) is 6.10 Å². The van der Waals surface area contributed by atoms with Crippen LogP contribution in [-0.4, -0.2) is 26.4 Å². The number of nitrogens with two attached hydrogens (primary N) is 1. The average Bonchev–Trinajstić information content (AvgIpc) is 3.13. The Morgan fingerprint density at radius 1 is 1.38 bits per heavy atom. The van der Waals surface area contributed by atoms with E-state index >= 15 is 0 Å². The molecule has 2 N–H and O–H groups in total. The Kier molecular flexibility index (Phi) is 3.06. The van der Waals surface area contributed by atoms with Gasteiger partial charge in [-0.15, -0.1) is 10.2 Å². The molecule has 1 saturated heterocycles. The molecule has 8 heteroatoms. The molecule has 1 atom stereocenters. The average molecular weight is 322 g/mol. The third kappa shape index (κ3) is 2.17. The molecule has 0 aliphatic carbocycles. The van der Waals surface area contributed by atoms with Crippen LogP contribution >= 0.6 is 22.9 Å². The maximum Gasteiger partial charge on any atom is 0.235 e. The predicted molar refractivity (Wildman–Crippen MR) is 81.4 cm³/mol. The Morgan fingerprint density at radius 3 is 3.05 bits per heavy atom. The zero-order valence-electron chi connectivity index (χ0n) is 11.0. The van der Waals surface area contributed by atoms with E-state index in [1.807, 2.05) is 12.1 Å². The minimum absolute atomic E-state index is 0.0168. The summed E-state index contributed by atoms with van der Waals surface area (Å²) in [5.41, 5.74) is 7.20. The van der Waals surface area contributed by atoms with Gasteiger partial charge in [-0.05, 0) is 31.0 Å². The molecule has 108 valence electrons. The van der Waals surface area contributed by atoms with Crippen LogP contribution in [0.1, 0.15) is 24.8 Å². The number of nitrogens with zero attached hydrogens (tertiary/aromatic N) is 4. The Morgan fingerprint density at radius 2 is 2.29 bits per heavy atom. The minimum Gasteiger partial charge on any atom is -0.399 e. The molecule has 4 rings (SSSR count). The number of ether oxygens (including phenoxy) is 1. The topological polar surface area (TPSA) is 78.3 Å². The van der Waals surface area contributed by atoms with Crippen LogP contribution in [-0.2, 0) is 4.74 Å². The second kappa shape index (κ2) is 4.94. The fourth-order valence-corrected chi connectivity index (χ4v) is 3.65. The fourth-order valence-electron chi connectivity index (χ4n) is 2.43. The number of fused-ring (bicyclic) bond motifs is 1. The van der Waals surface area contributed by atoms with Gasteiger partial charge in [0.05, 0.1) is 5.02 Å². The van der Waals surface area contributed by atoms with Crippen LogP contribution in [0.2, 0.25) is 5.02 Å². The lowest BCUT2D eigenvalue weighted by Crippen LogP contribution is -2.03. The third-order valence-electron chi connectivity index (χ3n) is 3.46. The summed E-state index contributed by atoms with van der Waals surface area (Å²) < 4.78 is 7.41. The van der Waals surface area contributed by atoms with Crippen molar-refractivity contribution < 1.29 is 4.74 Å². The van der Waals surface area contributed by atoms with Crippen molar-refractivity contribution in [1.82, 2.24) is 19.8 Å². The van der Waals surface area contributed by atoms with Crippen molar-refractivity contribution in [1.29, 1.82) is 0 Å². The lowest BCUT2D eigenvalue weighted by atomic mass is 10.2. The summed E-state index contributed by atoms with van der Waals surface area (Å²) in [6.45, 7) is 0.764. The van der Waals surface area contributed by atoms with Gasteiger partial charge >= 0.3 is 0 Å². The Balaban J connectivity index is 1.80. The van der Waals surface area contributed by atoms with E-state index in [4.69, 9.17) is 22.1 Å². The molecule has 1 aromatic carbocycles. The molecule has 1 fully saturated rings.